The average molecular weight is 268 g/mol. The Hall–Kier alpha value is -2.09. The zero-order valence-corrected chi connectivity index (χ0v) is 12.1. The fraction of sp³-hybridized carbons (Fsp3) is 0.278. The molecule has 2 nitrogen and oxygen atoms in total. The minimum Gasteiger partial charge on any atom is -0.496 e. The Labute approximate surface area is 120 Å². The van der Waals surface area contributed by atoms with E-state index in [4.69, 9.17) is 4.74 Å². The summed E-state index contributed by atoms with van der Waals surface area (Å²) in [7, 11) is 1.64. The van der Waals surface area contributed by atoms with E-state index in [0.29, 0.717) is 12.8 Å². The van der Waals surface area contributed by atoms with Crippen LogP contribution in [0.25, 0.3) is 0 Å². The lowest BCUT2D eigenvalue weighted by Gasteiger charge is -2.08. The van der Waals surface area contributed by atoms with Crippen molar-refractivity contribution >= 4 is 5.78 Å². The molecule has 2 rings (SSSR count). The minimum atomic E-state index is 0.248. The van der Waals surface area contributed by atoms with Crippen molar-refractivity contribution in [3.63, 3.8) is 0 Å². The highest BCUT2D eigenvalue weighted by molar-refractivity contribution is 5.81. The molecule has 2 aromatic carbocycles. The molecule has 0 spiro atoms. The molecule has 0 saturated heterocycles. The zero-order chi connectivity index (χ0) is 14.4. The van der Waals surface area contributed by atoms with Gasteiger partial charge in [0.05, 0.1) is 7.11 Å². The van der Waals surface area contributed by atoms with Gasteiger partial charge in [-0.1, -0.05) is 42.5 Å². The molecule has 2 aromatic rings. The summed E-state index contributed by atoms with van der Waals surface area (Å²) >= 11 is 0. The molecule has 0 bridgehead atoms. The van der Waals surface area contributed by atoms with Crippen LogP contribution in [0.4, 0.5) is 0 Å². The number of carbonyl (C=O) groups excluding carboxylic acids is 1. The predicted octanol–water partition coefficient (Wildman–Crippen LogP) is 3.75. The summed E-state index contributed by atoms with van der Waals surface area (Å²) in [6.45, 7) is 2.08. The van der Waals surface area contributed by atoms with Gasteiger partial charge in [-0.2, -0.15) is 0 Å². The minimum absolute atomic E-state index is 0.248. The molecule has 0 amide bonds. The predicted molar refractivity (Wildman–Crippen MR) is 81.2 cm³/mol. The molecule has 0 aliphatic rings. The number of hydrogen-bond donors (Lipinski definition) is 0. The van der Waals surface area contributed by atoms with Crippen LogP contribution in [-0.4, -0.2) is 12.9 Å². The fourth-order valence-corrected chi connectivity index (χ4v) is 2.31. The number of carbonyl (C=O) groups is 1. The fourth-order valence-electron chi connectivity index (χ4n) is 2.31. The van der Waals surface area contributed by atoms with Crippen molar-refractivity contribution in [3.05, 3.63) is 65.2 Å². The number of aryl methyl sites for hydroxylation is 2. The van der Waals surface area contributed by atoms with Crippen molar-refractivity contribution in [3.8, 4) is 5.75 Å². The van der Waals surface area contributed by atoms with E-state index in [1.165, 1.54) is 11.1 Å². The summed E-state index contributed by atoms with van der Waals surface area (Å²) in [5.74, 6) is 1.04. The molecule has 0 aliphatic heterocycles. The van der Waals surface area contributed by atoms with Gasteiger partial charge in [0.2, 0.25) is 0 Å². The molecule has 104 valence electrons. The summed E-state index contributed by atoms with van der Waals surface area (Å²) in [5.41, 5.74) is 3.46. The Morgan fingerprint density at radius 1 is 1.00 bits per heavy atom. The summed E-state index contributed by atoms with van der Waals surface area (Å²) in [4.78, 5) is 12.1. The molecule has 2 heteroatoms. The van der Waals surface area contributed by atoms with Crippen LogP contribution in [0.3, 0.4) is 0 Å². The average Bonchev–Trinajstić information content (AvgIpc) is 2.47. The number of Topliss-reactive ketones (excluding diaryl/α,β-unsaturated/α-hetero) is 1. The largest absolute Gasteiger partial charge is 0.496 e. The zero-order valence-electron chi connectivity index (χ0n) is 12.1. The highest BCUT2D eigenvalue weighted by atomic mass is 16.5. The molecule has 0 radical (unpaired) electrons. The first-order valence-corrected chi connectivity index (χ1v) is 6.89. The molecule has 0 aliphatic carbocycles. The topological polar surface area (TPSA) is 26.3 Å². The second-order valence-electron chi connectivity index (χ2n) is 4.95. The summed E-state index contributed by atoms with van der Waals surface area (Å²) in [6.07, 6.45) is 1.82. The third kappa shape index (κ3) is 3.70. The van der Waals surface area contributed by atoms with Crippen LogP contribution in [0.2, 0.25) is 0 Å². The van der Waals surface area contributed by atoms with Crippen molar-refractivity contribution < 1.29 is 9.53 Å². The van der Waals surface area contributed by atoms with E-state index in [1.54, 1.807) is 7.11 Å². The van der Waals surface area contributed by atoms with Crippen molar-refractivity contribution in [2.75, 3.05) is 7.11 Å². The number of hydrogen-bond acceptors (Lipinski definition) is 2. The van der Waals surface area contributed by atoms with Crippen LogP contribution in [0.5, 0.6) is 5.75 Å². The Kier molecular flexibility index (Phi) is 4.94. The van der Waals surface area contributed by atoms with E-state index in [-0.39, 0.29) is 5.78 Å². The van der Waals surface area contributed by atoms with Crippen LogP contribution >= 0.6 is 0 Å². The van der Waals surface area contributed by atoms with E-state index in [2.05, 4.69) is 19.1 Å². The Balaban J connectivity index is 1.95. The molecule has 0 saturated carbocycles. The summed E-state index contributed by atoms with van der Waals surface area (Å²) < 4.78 is 5.28. The smallest absolute Gasteiger partial charge is 0.137 e. The van der Waals surface area contributed by atoms with Gasteiger partial charge in [-0.25, -0.2) is 0 Å². The molecular weight excluding hydrogens is 248 g/mol. The van der Waals surface area contributed by atoms with E-state index in [1.807, 2.05) is 36.4 Å². The third-order valence-corrected chi connectivity index (χ3v) is 3.51. The van der Waals surface area contributed by atoms with Gasteiger partial charge in [-0.05, 0) is 30.5 Å². The molecule has 0 N–H and O–H groups in total. The van der Waals surface area contributed by atoms with Gasteiger partial charge < -0.3 is 4.74 Å². The van der Waals surface area contributed by atoms with Crippen molar-refractivity contribution in [2.45, 2.75) is 26.2 Å². The Morgan fingerprint density at radius 3 is 2.35 bits per heavy atom. The van der Waals surface area contributed by atoms with Gasteiger partial charge in [0.15, 0.2) is 0 Å². The standard InChI is InChI=1S/C18H20O2/c1-14-7-3-4-8-15(14)11-12-17(19)13-16-9-5-6-10-18(16)20-2/h3-10H,11-13H2,1-2H3. The van der Waals surface area contributed by atoms with Gasteiger partial charge >= 0.3 is 0 Å². The van der Waals surface area contributed by atoms with Crippen molar-refractivity contribution in [2.24, 2.45) is 0 Å². The number of methoxy groups -OCH3 is 1. The van der Waals surface area contributed by atoms with Crippen molar-refractivity contribution in [1.82, 2.24) is 0 Å². The molecule has 0 heterocycles. The van der Waals surface area contributed by atoms with Crippen molar-refractivity contribution in [1.29, 1.82) is 0 Å². The normalized spacial score (nSPS) is 10.3. The molecule has 20 heavy (non-hydrogen) atoms. The van der Waals surface area contributed by atoms with Crippen LogP contribution in [0.15, 0.2) is 48.5 Å². The second-order valence-corrected chi connectivity index (χ2v) is 4.95. The molecule has 0 unspecified atom stereocenters. The van der Waals surface area contributed by atoms with E-state index in [0.717, 1.165) is 17.7 Å². The lowest BCUT2D eigenvalue weighted by molar-refractivity contribution is -0.118. The lowest BCUT2D eigenvalue weighted by Crippen LogP contribution is -2.06. The lowest BCUT2D eigenvalue weighted by atomic mass is 9.99. The second kappa shape index (κ2) is 6.90. The molecule has 0 aromatic heterocycles. The van der Waals surface area contributed by atoms with Gasteiger partial charge in [-0.15, -0.1) is 0 Å². The number of rotatable bonds is 6. The number of ketones is 1. The number of benzene rings is 2. The Morgan fingerprint density at radius 2 is 1.65 bits per heavy atom. The van der Waals surface area contributed by atoms with Gasteiger partial charge in [-0.3, -0.25) is 4.79 Å². The quantitative estimate of drug-likeness (QED) is 0.797. The third-order valence-electron chi connectivity index (χ3n) is 3.51. The van der Waals surface area contributed by atoms with E-state index < -0.39 is 0 Å². The Bertz CT molecular complexity index is 587. The number of ether oxygens (including phenoxy) is 1. The van der Waals surface area contributed by atoms with E-state index in [9.17, 15) is 4.79 Å². The maximum absolute atomic E-state index is 12.1. The monoisotopic (exact) mass is 268 g/mol. The number of para-hydroxylation sites is 1. The first-order valence-electron chi connectivity index (χ1n) is 6.89. The maximum atomic E-state index is 12.1. The molecule has 0 fully saturated rings. The van der Waals surface area contributed by atoms with E-state index >= 15 is 0 Å². The first kappa shape index (κ1) is 14.3. The first-order chi connectivity index (χ1) is 9.70. The van der Waals surface area contributed by atoms with Crippen LogP contribution in [0, 0.1) is 6.92 Å². The molecule has 0 atom stereocenters. The van der Waals surface area contributed by atoms with Crippen LogP contribution in [-0.2, 0) is 17.6 Å². The van der Waals surface area contributed by atoms with Crippen LogP contribution in [0.1, 0.15) is 23.1 Å². The van der Waals surface area contributed by atoms with Gasteiger partial charge in [0.25, 0.3) is 0 Å². The van der Waals surface area contributed by atoms with Gasteiger partial charge in [0, 0.05) is 18.4 Å². The molecular formula is C18H20O2. The highest BCUT2D eigenvalue weighted by Gasteiger charge is 2.09. The summed E-state index contributed by atoms with van der Waals surface area (Å²) in [6, 6.07) is 15.9. The highest BCUT2D eigenvalue weighted by Crippen LogP contribution is 2.19. The summed E-state index contributed by atoms with van der Waals surface area (Å²) in [5, 5.41) is 0. The van der Waals surface area contributed by atoms with Crippen LogP contribution < -0.4 is 4.74 Å². The maximum Gasteiger partial charge on any atom is 0.137 e. The van der Waals surface area contributed by atoms with Gasteiger partial charge in [0.1, 0.15) is 11.5 Å². The SMILES string of the molecule is COc1ccccc1CC(=O)CCc1ccccc1C.